The average Bonchev–Trinajstić information content (AvgIpc) is 2.44. The van der Waals surface area contributed by atoms with E-state index >= 15 is 0 Å². The highest BCUT2D eigenvalue weighted by atomic mass is 32.2. The van der Waals surface area contributed by atoms with Crippen molar-refractivity contribution in [3.63, 3.8) is 0 Å². The van der Waals surface area contributed by atoms with Gasteiger partial charge in [0.05, 0.1) is 12.0 Å². The summed E-state index contributed by atoms with van der Waals surface area (Å²) in [5.74, 6) is -1.53. The molecule has 0 aliphatic heterocycles. The molecule has 8 nitrogen and oxygen atoms in total. The third kappa shape index (κ3) is 5.04. The van der Waals surface area contributed by atoms with Crippen molar-refractivity contribution in [1.29, 1.82) is 0 Å². The predicted molar refractivity (Wildman–Crippen MR) is 74.7 cm³/mol. The van der Waals surface area contributed by atoms with Gasteiger partial charge in [0.25, 0.3) is 10.0 Å². The largest absolute Gasteiger partial charge is 0.497 e. The van der Waals surface area contributed by atoms with E-state index in [-0.39, 0.29) is 10.9 Å². The topological polar surface area (TPSA) is 114 Å². The number of carbonyl (C=O) groups excluding carboxylic acids is 2. The summed E-state index contributed by atoms with van der Waals surface area (Å²) in [4.78, 5) is 24.5. The average molecular weight is 315 g/mol. The van der Waals surface area contributed by atoms with Gasteiger partial charge in [-0.2, -0.15) is 0 Å². The van der Waals surface area contributed by atoms with Crippen LogP contribution < -0.4 is 20.3 Å². The number of benzene rings is 1. The molecule has 1 rings (SSSR count). The van der Waals surface area contributed by atoms with E-state index in [2.05, 4.69) is 5.32 Å². The SMILES string of the molecule is COc1ccc(S(=O)(=O)NNC(=O)C(=O)NC(C)C)cc1. The Morgan fingerprint density at radius 3 is 2.14 bits per heavy atom. The summed E-state index contributed by atoms with van der Waals surface area (Å²) in [5.41, 5.74) is 1.83. The lowest BCUT2D eigenvalue weighted by molar-refractivity contribution is -0.139. The molecule has 0 atom stereocenters. The second kappa shape index (κ2) is 7.04. The molecule has 0 spiro atoms. The molecular weight excluding hydrogens is 298 g/mol. The van der Waals surface area contributed by atoms with Crippen LogP contribution in [0.25, 0.3) is 0 Å². The van der Waals surface area contributed by atoms with Crippen molar-refractivity contribution in [2.45, 2.75) is 24.8 Å². The van der Waals surface area contributed by atoms with Crippen molar-refractivity contribution >= 4 is 21.8 Å². The van der Waals surface area contributed by atoms with Crippen LogP contribution in [0, 0.1) is 0 Å². The molecule has 3 N–H and O–H groups in total. The van der Waals surface area contributed by atoms with Crippen LogP contribution >= 0.6 is 0 Å². The van der Waals surface area contributed by atoms with Gasteiger partial charge in [-0.25, -0.2) is 8.42 Å². The Morgan fingerprint density at radius 1 is 1.10 bits per heavy atom. The monoisotopic (exact) mass is 315 g/mol. The molecule has 21 heavy (non-hydrogen) atoms. The Morgan fingerprint density at radius 2 is 1.67 bits per heavy atom. The van der Waals surface area contributed by atoms with Gasteiger partial charge in [0.1, 0.15) is 5.75 Å². The van der Waals surface area contributed by atoms with Gasteiger partial charge in [-0.05, 0) is 38.1 Å². The minimum absolute atomic E-state index is 0.0760. The first kappa shape index (κ1) is 16.9. The van der Waals surface area contributed by atoms with Crippen molar-refractivity contribution in [2.75, 3.05) is 7.11 Å². The van der Waals surface area contributed by atoms with E-state index in [9.17, 15) is 18.0 Å². The molecule has 0 aliphatic rings. The molecule has 2 amide bonds. The van der Waals surface area contributed by atoms with Crippen LogP contribution in [0.1, 0.15) is 13.8 Å². The lowest BCUT2D eigenvalue weighted by atomic mass is 10.3. The van der Waals surface area contributed by atoms with Crippen LogP contribution in [-0.2, 0) is 19.6 Å². The lowest BCUT2D eigenvalue weighted by Gasteiger charge is -2.10. The van der Waals surface area contributed by atoms with E-state index in [4.69, 9.17) is 4.74 Å². The van der Waals surface area contributed by atoms with Crippen molar-refractivity contribution in [2.24, 2.45) is 0 Å². The Labute approximate surface area is 122 Å². The van der Waals surface area contributed by atoms with E-state index < -0.39 is 21.8 Å². The fraction of sp³-hybridized carbons (Fsp3) is 0.333. The van der Waals surface area contributed by atoms with E-state index in [1.807, 2.05) is 10.3 Å². The van der Waals surface area contributed by atoms with Crippen LogP contribution in [0.4, 0.5) is 0 Å². The van der Waals surface area contributed by atoms with E-state index in [1.165, 1.54) is 31.4 Å². The molecule has 116 valence electrons. The number of hydrazine groups is 1. The summed E-state index contributed by atoms with van der Waals surface area (Å²) in [5, 5.41) is 2.33. The number of amides is 2. The van der Waals surface area contributed by atoms with Gasteiger partial charge in [0, 0.05) is 6.04 Å². The molecule has 0 bridgehead atoms. The molecular formula is C12H17N3O5S. The first-order valence-corrected chi connectivity index (χ1v) is 7.51. The number of hydrogen-bond donors (Lipinski definition) is 3. The van der Waals surface area contributed by atoms with E-state index in [0.29, 0.717) is 5.75 Å². The van der Waals surface area contributed by atoms with Gasteiger partial charge in [-0.15, -0.1) is 4.83 Å². The number of nitrogens with one attached hydrogen (secondary N) is 3. The standard InChI is InChI=1S/C12H17N3O5S/c1-8(2)13-11(16)12(17)14-15-21(18,19)10-6-4-9(20-3)5-7-10/h4-8,15H,1-3H3,(H,13,16)(H,14,17). The van der Waals surface area contributed by atoms with Crippen LogP contribution in [0.2, 0.25) is 0 Å². The maximum absolute atomic E-state index is 11.9. The summed E-state index contributed by atoms with van der Waals surface area (Å²) in [6.07, 6.45) is 0. The zero-order chi connectivity index (χ0) is 16.0. The summed E-state index contributed by atoms with van der Waals surface area (Å²) in [6, 6.07) is 5.30. The molecule has 0 aromatic heterocycles. The zero-order valence-corrected chi connectivity index (χ0v) is 12.7. The third-order valence-corrected chi connectivity index (χ3v) is 3.56. The Hall–Kier alpha value is -2.13. The summed E-state index contributed by atoms with van der Waals surface area (Å²) < 4.78 is 28.7. The van der Waals surface area contributed by atoms with Gasteiger partial charge in [-0.3, -0.25) is 15.0 Å². The van der Waals surface area contributed by atoms with Gasteiger partial charge < -0.3 is 10.1 Å². The molecule has 0 saturated carbocycles. The van der Waals surface area contributed by atoms with E-state index in [0.717, 1.165) is 0 Å². The minimum atomic E-state index is -3.96. The highest BCUT2D eigenvalue weighted by Gasteiger charge is 2.19. The minimum Gasteiger partial charge on any atom is -0.497 e. The molecule has 0 heterocycles. The number of ether oxygens (including phenoxy) is 1. The maximum atomic E-state index is 11.9. The third-order valence-electron chi connectivity index (χ3n) is 2.29. The fourth-order valence-corrected chi connectivity index (χ4v) is 2.15. The number of carbonyl (C=O) groups is 2. The van der Waals surface area contributed by atoms with Crippen LogP contribution in [-0.4, -0.2) is 33.4 Å². The Kier molecular flexibility index (Phi) is 5.68. The van der Waals surface area contributed by atoms with Crippen molar-refractivity contribution in [3.8, 4) is 5.75 Å². The van der Waals surface area contributed by atoms with Crippen LogP contribution in [0.15, 0.2) is 29.2 Å². The van der Waals surface area contributed by atoms with Gasteiger partial charge in [-0.1, -0.05) is 0 Å². The lowest BCUT2D eigenvalue weighted by Crippen LogP contribution is -2.49. The number of sulfonamides is 1. The predicted octanol–water partition coefficient (Wildman–Crippen LogP) is -0.471. The normalized spacial score (nSPS) is 11.0. The highest BCUT2D eigenvalue weighted by Crippen LogP contribution is 2.14. The molecule has 0 unspecified atom stereocenters. The van der Waals surface area contributed by atoms with Gasteiger partial charge >= 0.3 is 11.8 Å². The van der Waals surface area contributed by atoms with Gasteiger partial charge in [0.15, 0.2) is 0 Å². The Balaban J connectivity index is 2.68. The molecule has 0 radical (unpaired) electrons. The quantitative estimate of drug-likeness (QED) is 0.502. The second-order valence-electron chi connectivity index (χ2n) is 4.36. The number of methoxy groups -OCH3 is 1. The van der Waals surface area contributed by atoms with Crippen molar-refractivity contribution in [3.05, 3.63) is 24.3 Å². The molecule has 0 saturated heterocycles. The smallest absolute Gasteiger partial charge is 0.324 e. The van der Waals surface area contributed by atoms with E-state index in [1.54, 1.807) is 13.8 Å². The summed E-state index contributed by atoms with van der Waals surface area (Å²) in [7, 11) is -2.51. The van der Waals surface area contributed by atoms with Crippen LogP contribution in [0.5, 0.6) is 5.75 Å². The Bertz CT molecular complexity index is 610. The summed E-state index contributed by atoms with van der Waals surface area (Å²) in [6.45, 7) is 3.35. The fourth-order valence-electron chi connectivity index (χ4n) is 1.31. The highest BCUT2D eigenvalue weighted by molar-refractivity contribution is 7.89. The van der Waals surface area contributed by atoms with Crippen molar-refractivity contribution in [1.82, 2.24) is 15.6 Å². The summed E-state index contributed by atoms with van der Waals surface area (Å²) >= 11 is 0. The molecule has 1 aromatic rings. The molecule has 9 heteroatoms. The second-order valence-corrected chi connectivity index (χ2v) is 6.05. The number of rotatable bonds is 5. The van der Waals surface area contributed by atoms with Crippen LogP contribution in [0.3, 0.4) is 0 Å². The maximum Gasteiger partial charge on any atom is 0.324 e. The first-order valence-electron chi connectivity index (χ1n) is 6.03. The zero-order valence-electron chi connectivity index (χ0n) is 11.8. The molecule has 0 fully saturated rings. The van der Waals surface area contributed by atoms with Gasteiger partial charge in [0.2, 0.25) is 0 Å². The number of hydrogen-bond acceptors (Lipinski definition) is 5. The molecule has 1 aromatic carbocycles. The van der Waals surface area contributed by atoms with Crippen molar-refractivity contribution < 1.29 is 22.7 Å². The molecule has 0 aliphatic carbocycles. The first-order chi connectivity index (χ1) is 9.76.